The number of esters is 1. The topological polar surface area (TPSA) is 163 Å². The van der Waals surface area contributed by atoms with E-state index in [4.69, 9.17) is 33.9 Å². The second-order valence-corrected chi connectivity index (χ2v) is 11.8. The number of carbonyl (C=O) groups is 2. The Morgan fingerprint density at radius 3 is 2.64 bits per heavy atom. The van der Waals surface area contributed by atoms with Crippen molar-refractivity contribution < 1.29 is 33.3 Å². The number of nitrogens with zero attached hydrogens (tertiary/aromatic N) is 6. The summed E-state index contributed by atoms with van der Waals surface area (Å²) in [7, 11) is 0. The summed E-state index contributed by atoms with van der Waals surface area (Å²) in [6.45, 7) is 7.89. The SMILES string of the molecule is CC(C)(C)OC(=O)N1CCC[C@H]1C(=O)OCCOCCOc1cc2ncn(-c3ccc(C#N)cn3)c2nc1NC1CCOCC1. The van der Waals surface area contributed by atoms with Gasteiger partial charge in [-0.2, -0.15) is 5.26 Å². The summed E-state index contributed by atoms with van der Waals surface area (Å²) in [6, 6.07) is 6.86. The van der Waals surface area contributed by atoms with Crippen LogP contribution in [0.25, 0.3) is 17.0 Å². The van der Waals surface area contributed by atoms with Crippen molar-refractivity contribution in [3.05, 3.63) is 36.3 Å². The Balaban J connectivity index is 1.14. The molecule has 45 heavy (non-hydrogen) atoms. The van der Waals surface area contributed by atoms with Crippen molar-refractivity contribution in [2.75, 3.05) is 51.5 Å². The fourth-order valence-corrected chi connectivity index (χ4v) is 5.09. The molecule has 5 heterocycles. The molecule has 14 heteroatoms. The number of likely N-dealkylation sites (tertiary alicyclic amines) is 1. The number of anilines is 1. The van der Waals surface area contributed by atoms with Gasteiger partial charge in [-0.05, 0) is 58.6 Å². The van der Waals surface area contributed by atoms with Gasteiger partial charge in [-0.15, -0.1) is 0 Å². The summed E-state index contributed by atoms with van der Waals surface area (Å²) in [4.78, 5) is 40.2. The lowest BCUT2D eigenvalue weighted by Crippen LogP contribution is -2.44. The molecule has 0 bridgehead atoms. The van der Waals surface area contributed by atoms with E-state index in [0.29, 0.717) is 66.7 Å². The van der Waals surface area contributed by atoms with Gasteiger partial charge in [0.25, 0.3) is 0 Å². The molecule has 0 spiro atoms. The number of rotatable bonds is 11. The number of pyridine rings is 2. The van der Waals surface area contributed by atoms with Crippen LogP contribution in [-0.2, 0) is 23.7 Å². The van der Waals surface area contributed by atoms with Crippen LogP contribution in [0.2, 0.25) is 0 Å². The van der Waals surface area contributed by atoms with Crippen molar-refractivity contribution in [1.82, 2.24) is 24.4 Å². The van der Waals surface area contributed by atoms with E-state index < -0.39 is 23.7 Å². The van der Waals surface area contributed by atoms with E-state index in [1.165, 1.54) is 11.1 Å². The maximum Gasteiger partial charge on any atom is 0.411 e. The highest BCUT2D eigenvalue weighted by Crippen LogP contribution is 2.30. The second-order valence-electron chi connectivity index (χ2n) is 11.8. The molecule has 0 unspecified atom stereocenters. The third-order valence-electron chi connectivity index (χ3n) is 7.28. The summed E-state index contributed by atoms with van der Waals surface area (Å²) in [5.41, 5.74) is 1.04. The molecule has 2 aliphatic heterocycles. The van der Waals surface area contributed by atoms with Gasteiger partial charge < -0.3 is 29.0 Å². The predicted molar refractivity (Wildman–Crippen MR) is 162 cm³/mol. The molecule has 0 radical (unpaired) electrons. The van der Waals surface area contributed by atoms with E-state index in [1.807, 2.05) is 6.07 Å². The van der Waals surface area contributed by atoms with Crippen molar-refractivity contribution in [2.45, 2.75) is 64.1 Å². The number of nitrogens with one attached hydrogen (secondary N) is 1. The molecule has 14 nitrogen and oxygen atoms in total. The maximum atomic E-state index is 12.6. The lowest BCUT2D eigenvalue weighted by molar-refractivity contribution is -0.150. The van der Waals surface area contributed by atoms with Crippen LogP contribution in [0.3, 0.4) is 0 Å². The Bertz CT molecular complexity index is 1510. The lowest BCUT2D eigenvalue weighted by atomic mass is 10.1. The van der Waals surface area contributed by atoms with Gasteiger partial charge in [0.2, 0.25) is 0 Å². The molecule has 0 saturated carbocycles. The van der Waals surface area contributed by atoms with E-state index in [0.717, 1.165) is 12.8 Å². The standard InChI is InChI=1S/C31H39N7O7/c1-31(2,3)45-30(40)37-10-4-5-24(37)29(39)44-16-14-42-13-15-43-25-17-23-28(36-27(25)35-22-8-11-41-12-9-22)38(20-34-23)26-7-6-21(18-32)19-33-26/h6-7,17,19-20,22,24H,4-5,8-16H2,1-3H3,(H,35,36)/t24-/m0/s1. The zero-order valence-corrected chi connectivity index (χ0v) is 25.9. The van der Waals surface area contributed by atoms with Crippen molar-refractivity contribution in [3.63, 3.8) is 0 Å². The van der Waals surface area contributed by atoms with Gasteiger partial charge in [-0.3, -0.25) is 9.47 Å². The van der Waals surface area contributed by atoms with Crippen LogP contribution < -0.4 is 10.1 Å². The Kier molecular flexibility index (Phi) is 10.3. The van der Waals surface area contributed by atoms with Crippen molar-refractivity contribution >= 4 is 29.0 Å². The van der Waals surface area contributed by atoms with Crippen molar-refractivity contribution in [1.29, 1.82) is 5.26 Å². The molecular formula is C31H39N7O7. The third kappa shape index (κ3) is 8.37. The quantitative estimate of drug-likeness (QED) is 0.245. The van der Waals surface area contributed by atoms with Gasteiger partial charge in [0.1, 0.15) is 48.6 Å². The molecule has 3 aromatic rings. The number of fused-ring (bicyclic) bond motifs is 1. The molecule has 1 atom stereocenters. The number of ether oxygens (including phenoxy) is 5. The second kappa shape index (κ2) is 14.5. The monoisotopic (exact) mass is 621 g/mol. The summed E-state index contributed by atoms with van der Waals surface area (Å²) in [5, 5.41) is 12.6. The molecule has 1 N–H and O–H groups in total. The van der Waals surface area contributed by atoms with Crippen LogP contribution in [-0.4, -0.2) is 100 Å². The van der Waals surface area contributed by atoms with Crippen LogP contribution in [0.4, 0.5) is 10.6 Å². The molecule has 2 saturated heterocycles. The van der Waals surface area contributed by atoms with Gasteiger partial charge >= 0.3 is 12.1 Å². The van der Waals surface area contributed by atoms with E-state index in [1.54, 1.807) is 43.8 Å². The van der Waals surface area contributed by atoms with Gasteiger partial charge in [-0.1, -0.05) is 0 Å². The molecular weight excluding hydrogens is 582 g/mol. The van der Waals surface area contributed by atoms with Crippen LogP contribution in [0.5, 0.6) is 5.75 Å². The van der Waals surface area contributed by atoms with Crippen molar-refractivity contribution in [2.24, 2.45) is 0 Å². The first-order chi connectivity index (χ1) is 21.7. The smallest absolute Gasteiger partial charge is 0.411 e. The van der Waals surface area contributed by atoms with Crippen LogP contribution in [0.15, 0.2) is 30.7 Å². The Labute approximate surface area is 261 Å². The van der Waals surface area contributed by atoms with E-state index in [-0.39, 0.29) is 32.5 Å². The van der Waals surface area contributed by atoms with E-state index in [9.17, 15) is 9.59 Å². The minimum Gasteiger partial charge on any atom is -0.487 e. The fraction of sp³-hybridized carbons (Fsp3) is 0.548. The first-order valence-corrected chi connectivity index (χ1v) is 15.2. The lowest BCUT2D eigenvalue weighted by Gasteiger charge is -2.27. The minimum atomic E-state index is -0.650. The summed E-state index contributed by atoms with van der Waals surface area (Å²) < 4.78 is 29.8. The van der Waals surface area contributed by atoms with Gasteiger partial charge in [-0.25, -0.2) is 24.5 Å². The number of imidazole rings is 1. The number of carbonyl (C=O) groups excluding carboxylic acids is 2. The van der Waals surface area contributed by atoms with Crippen molar-refractivity contribution in [3.8, 4) is 17.6 Å². The summed E-state index contributed by atoms with van der Waals surface area (Å²) in [6.07, 6.45) is 5.57. The number of hydrogen-bond acceptors (Lipinski definition) is 12. The van der Waals surface area contributed by atoms with Crippen LogP contribution in [0, 0.1) is 11.3 Å². The Morgan fingerprint density at radius 1 is 1.11 bits per heavy atom. The summed E-state index contributed by atoms with van der Waals surface area (Å²) in [5.74, 6) is 1.24. The summed E-state index contributed by atoms with van der Waals surface area (Å²) >= 11 is 0. The predicted octanol–water partition coefficient (Wildman–Crippen LogP) is 3.62. The minimum absolute atomic E-state index is 0.0579. The molecule has 5 rings (SSSR count). The highest BCUT2D eigenvalue weighted by Gasteiger charge is 2.37. The Morgan fingerprint density at radius 2 is 1.91 bits per heavy atom. The average Bonchev–Trinajstić information content (AvgIpc) is 3.68. The van der Waals surface area contributed by atoms with Gasteiger partial charge in [0.05, 0.1) is 18.8 Å². The normalized spacial score (nSPS) is 17.2. The van der Waals surface area contributed by atoms with Crippen LogP contribution in [0.1, 0.15) is 52.0 Å². The fourth-order valence-electron chi connectivity index (χ4n) is 5.09. The van der Waals surface area contributed by atoms with E-state index in [2.05, 4.69) is 21.4 Å². The highest BCUT2D eigenvalue weighted by molar-refractivity contribution is 5.82. The zero-order valence-electron chi connectivity index (χ0n) is 25.9. The third-order valence-corrected chi connectivity index (χ3v) is 7.28. The molecule has 1 amide bonds. The molecule has 2 fully saturated rings. The average molecular weight is 622 g/mol. The first kappa shape index (κ1) is 31.9. The van der Waals surface area contributed by atoms with Crippen LogP contribution >= 0.6 is 0 Å². The molecule has 0 aliphatic carbocycles. The molecule has 3 aromatic heterocycles. The Hall–Kier alpha value is -4.48. The number of nitriles is 1. The number of amides is 1. The molecule has 2 aliphatic rings. The van der Waals surface area contributed by atoms with Gasteiger partial charge in [0, 0.05) is 38.1 Å². The molecule has 0 aromatic carbocycles. The number of aromatic nitrogens is 4. The largest absolute Gasteiger partial charge is 0.487 e. The number of hydrogen-bond donors (Lipinski definition) is 1. The molecule has 240 valence electrons. The highest BCUT2D eigenvalue weighted by atomic mass is 16.6. The maximum absolute atomic E-state index is 12.6. The van der Waals surface area contributed by atoms with E-state index >= 15 is 0 Å². The van der Waals surface area contributed by atoms with Gasteiger partial charge in [0.15, 0.2) is 17.2 Å². The first-order valence-electron chi connectivity index (χ1n) is 15.2. The zero-order chi connectivity index (χ0) is 31.8.